The third-order valence-electron chi connectivity index (χ3n) is 7.58. The zero-order valence-electron chi connectivity index (χ0n) is 20.3. The summed E-state index contributed by atoms with van der Waals surface area (Å²) in [6.45, 7) is 10.0. The van der Waals surface area contributed by atoms with E-state index < -0.39 is 0 Å². The Kier molecular flexibility index (Phi) is 6.50. The Morgan fingerprint density at radius 2 is 1.97 bits per heavy atom. The molecule has 0 radical (unpaired) electrons. The molecular formula is C28H33N5O2. The van der Waals surface area contributed by atoms with Gasteiger partial charge in [-0.15, -0.1) is 0 Å². The van der Waals surface area contributed by atoms with Gasteiger partial charge in [-0.3, -0.25) is 4.79 Å². The maximum absolute atomic E-state index is 13.4. The van der Waals surface area contributed by atoms with Crippen molar-refractivity contribution in [1.29, 1.82) is 5.26 Å². The van der Waals surface area contributed by atoms with Gasteiger partial charge in [0.05, 0.1) is 29.7 Å². The molecule has 0 aromatic heterocycles. The Bertz CT molecular complexity index is 1170. The molecular weight excluding hydrogens is 438 g/mol. The number of aryl methyl sites for hydroxylation is 1. The first kappa shape index (κ1) is 23.4. The number of amides is 1. The summed E-state index contributed by atoms with van der Waals surface area (Å²) in [7, 11) is 0. The molecule has 1 amide bonds. The second-order valence-corrected chi connectivity index (χ2v) is 9.86. The number of hydrogen-bond donors (Lipinski definition) is 3. The van der Waals surface area contributed by atoms with Crippen molar-refractivity contribution >= 4 is 11.6 Å². The Balaban J connectivity index is 1.23. The molecule has 2 fully saturated rings. The summed E-state index contributed by atoms with van der Waals surface area (Å²) in [4.78, 5) is 15.3. The molecule has 2 aromatic carbocycles. The van der Waals surface area contributed by atoms with Gasteiger partial charge in [-0.1, -0.05) is 18.7 Å². The lowest BCUT2D eigenvalue weighted by Gasteiger charge is -2.39. The summed E-state index contributed by atoms with van der Waals surface area (Å²) >= 11 is 0. The smallest absolute Gasteiger partial charge is 0.253 e. The largest absolute Gasteiger partial charge is 0.369 e. The zero-order chi connectivity index (χ0) is 24.4. The number of nitriles is 1. The molecule has 3 N–H and O–H groups in total. The monoisotopic (exact) mass is 471 g/mol. The van der Waals surface area contributed by atoms with Crippen LogP contribution in [0.2, 0.25) is 0 Å². The van der Waals surface area contributed by atoms with Crippen LogP contribution < -0.4 is 16.0 Å². The van der Waals surface area contributed by atoms with Crippen molar-refractivity contribution in [2.75, 3.05) is 31.5 Å². The van der Waals surface area contributed by atoms with E-state index in [1.807, 2.05) is 48.2 Å². The van der Waals surface area contributed by atoms with E-state index >= 15 is 0 Å². The van der Waals surface area contributed by atoms with Gasteiger partial charge in [0.1, 0.15) is 0 Å². The first-order valence-corrected chi connectivity index (χ1v) is 12.5. The van der Waals surface area contributed by atoms with Crippen molar-refractivity contribution in [2.45, 2.75) is 50.9 Å². The van der Waals surface area contributed by atoms with Crippen molar-refractivity contribution in [3.63, 3.8) is 0 Å². The van der Waals surface area contributed by atoms with E-state index in [1.165, 1.54) is 5.56 Å². The van der Waals surface area contributed by atoms with Crippen LogP contribution in [0.5, 0.6) is 0 Å². The number of ether oxygens (including phenoxy) is 1. The fourth-order valence-corrected chi connectivity index (χ4v) is 5.49. The maximum atomic E-state index is 13.4. The van der Waals surface area contributed by atoms with E-state index in [2.05, 4.69) is 28.6 Å². The number of rotatable bonds is 5. The molecule has 5 rings (SSSR count). The first-order valence-electron chi connectivity index (χ1n) is 12.5. The molecule has 1 spiro atoms. The molecule has 35 heavy (non-hydrogen) atoms. The molecule has 0 aliphatic carbocycles. The quantitative estimate of drug-likeness (QED) is 0.616. The average Bonchev–Trinajstić information content (AvgIpc) is 3.23. The van der Waals surface area contributed by atoms with E-state index in [-0.39, 0.29) is 11.5 Å². The molecule has 0 unspecified atom stereocenters. The van der Waals surface area contributed by atoms with Gasteiger partial charge >= 0.3 is 0 Å². The molecule has 0 atom stereocenters. The lowest BCUT2D eigenvalue weighted by atomic mass is 9.83. The normalized spacial score (nSPS) is 19.1. The number of nitrogens with zero attached hydrogens (tertiary/aromatic N) is 2. The number of benzene rings is 2. The fraction of sp³-hybridized carbons (Fsp3) is 0.429. The van der Waals surface area contributed by atoms with Gasteiger partial charge < -0.3 is 25.6 Å². The molecule has 7 heteroatoms. The van der Waals surface area contributed by atoms with Crippen LogP contribution >= 0.6 is 0 Å². The summed E-state index contributed by atoms with van der Waals surface area (Å²) in [6.07, 6.45) is 3.65. The van der Waals surface area contributed by atoms with Gasteiger partial charge in [-0.05, 0) is 86.7 Å². The van der Waals surface area contributed by atoms with E-state index in [0.29, 0.717) is 36.9 Å². The average molecular weight is 472 g/mol. The molecule has 3 heterocycles. The van der Waals surface area contributed by atoms with Gasteiger partial charge in [-0.2, -0.15) is 5.26 Å². The third kappa shape index (κ3) is 4.77. The highest BCUT2D eigenvalue weighted by atomic mass is 16.5. The Morgan fingerprint density at radius 3 is 2.71 bits per heavy atom. The minimum absolute atomic E-state index is 0.0397. The van der Waals surface area contributed by atoms with Crippen molar-refractivity contribution < 1.29 is 9.53 Å². The molecule has 2 aromatic rings. The Hall–Kier alpha value is -3.34. The minimum Gasteiger partial charge on any atom is -0.369 e. The standard InChI is InChI=1S/C28H33N5O2/c1-19-3-5-22(16-26(19)32-20(2)31-24-7-11-30-12-8-24)27(34)33-13-9-28(10-14-33)25-6-4-21(17-29)15-23(25)18-35-28/h3-6,15-16,24,30-32H,2,7-14,18H2,1H3. The molecule has 0 saturated carbocycles. The van der Waals surface area contributed by atoms with E-state index in [4.69, 9.17) is 4.74 Å². The third-order valence-corrected chi connectivity index (χ3v) is 7.58. The highest BCUT2D eigenvalue weighted by Gasteiger charge is 2.43. The molecule has 0 bridgehead atoms. The molecule has 182 valence electrons. The highest BCUT2D eigenvalue weighted by Crippen LogP contribution is 2.44. The SMILES string of the molecule is C=C(Nc1cc(C(=O)N2CCC3(CC2)OCc2cc(C#N)ccc23)ccc1C)NC1CCNCC1. The van der Waals surface area contributed by atoms with E-state index in [1.54, 1.807) is 0 Å². The number of likely N-dealkylation sites (tertiary alicyclic amines) is 1. The number of anilines is 1. The maximum Gasteiger partial charge on any atom is 0.253 e. The van der Waals surface area contributed by atoms with Crippen LogP contribution in [0.3, 0.4) is 0 Å². The van der Waals surface area contributed by atoms with Gasteiger partial charge in [0, 0.05) is 30.4 Å². The van der Waals surface area contributed by atoms with Crippen LogP contribution in [-0.2, 0) is 16.9 Å². The van der Waals surface area contributed by atoms with Gasteiger partial charge in [-0.25, -0.2) is 0 Å². The summed E-state index contributed by atoms with van der Waals surface area (Å²) in [5.74, 6) is 0.805. The van der Waals surface area contributed by atoms with Gasteiger partial charge in [0.15, 0.2) is 0 Å². The number of carbonyl (C=O) groups excluding carboxylic acids is 1. The van der Waals surface area contributed by atoms with Crippen LogP contribution in [0.25, 0.3) is 0 Å². The summed E-state index contributed by atoms with van der Waals surface area (Å²) in [5.41, 5.74) is 5.22. The van der Waals surface area contributed by atoms with Crippen molar-refractivity contribution in [3.8, 4) is 6.07 Å². The van der Waals surface area contributed by atoms with Gasteiger partial charge in [0.2, 0.25) is 0 Å². The van der Waals surface area contributed by atoms with Crippen LogP contribution in [0.1, 0.15) is 58.3 Å². The second-order valence-electron chi connectivity index (χ2n) is 9.86. The minimum atomic E-state index is -0.349. The summed E-state index contributed by atoms with van der Waals surface area (Å²) in [6, 6.07) is 14.3. The molecule has 3 aliphatic rings. The lowest BCUT2D eigenvalue weighted by molar-refractivity contribution is -0.0741. The summed E-state index contributed by atoms with van der Waals surface area (Å²) in [5, 5.41) is 19.4. The molecule has 7 nitrogen and oxygen atoms in total. The number of hydrogen-bond acceptors (Lipinski definition) is 6. The zero-order valence-corrected chi connectivity index (χ0v) is 20.3. The van der Waals surface area contributed by atoms with Crippen LogP contribution in [-0.4, -0.2) is 43.0 Å². The number of piperidine rings is 2. The topological polar surface area (TPSA) is 89.4 Å². The van der Waals surface area contributed by atoms with Crippen LogP contribution in [0, 0.1) is 18.3 Å². The van der Waals surface area contributed by atoms with Gasteiger partial charge in [0.25, 0.3) is 5.91 Å². The van der Waals surface area contributed by atoms with Crippen LogP contribution in [0.15, 0.2) is 48.8 Å². The molecule has 3 aliphatic heterocycles. The van der Waals surface area contributed by atoms with Crippen molar-refractivity contribution in [3.05, 3.63) is 76.6 Å². The van der Waals surface area contributed by atoms with E-state index in [0.717, 1.165) is 61.4 Å². The Labute approximate surface area is 207 Å². The first-order chi connectivity index (χ1) is 17.0. The Morgan fingerprint density at radius 1 is 1.20 bits per heavy atom. The number of nitrogens with one attached hydrogen (secondary N) is 3. The molecule has 2 saturated heterocycles. The lowest BCUT2D eigenvalue weighted by Crippen LogP contribution is -2.45. The number of carbonyl (C=O) groups is 1. The summed E-state index contributed by atoms with van der Waals surface area (Å²) < 4.78 is 6.25. The van der Waals surface area contributed by atoms with Crippen molar-refractivity contribution in [2.24, 2.45) is 0 Å². The van der Waals surface area contributed by atoms with Crippen LogP contribution in [0.4, 0.5) is 5.69 Å². The second kappa shape index (κ2) is 9.73. The fourth-order valence-electron chi connectivity index (χ4n) is 5.49. The number of fused-ring (bicyclic) bond motifs is 2. The predicted molar refractivity (Wildman–Crippen MR) is 136 cm³/mol. The van der Waals surface area contributed by atoms with E-state index in [9.17, 15) is 10.1 Å². The highest BCUT2D eigenvalue weighted by molar-refractivity contribution is 5.95. The predicted octanol–water partition coefficient (Wildman–Crippen LogP) is 3.75. The van der Waals surface area contributed by atoms with Crippen molar-refractivity contribution in [1.82, 2.24) is 15.5 Å².